The molecule has 0 fully saturated rings. The largest absolute Gasteiger partial charge is 0.478 e. The summed E-state index contributed by atoms with van der Waals surface area (Å²) in [5.41, 5.74) is 1.94. The van der Waals surface area contributed by atoms with Crippen LogP contribution in [-0.4, -0.2) is 16.1 Å². The molecule has 0 spiro atoms. The van der Waals surface area contributed by atoms with Crippen LogP contribution in [0.15, 0.2) is 46.9 Å². The van der Waals surface area contributed by atoms with Crippen LogP contribution in [0.4, 0.5) is 11.7 Å². The lowest BCUT2D eigenvalue weighted by atomic mass is 10.2. The standard InChI is InChI=1S/C14H9ClN2O3/c15-10-6-5-8(7-9(10)13(18)19)16-14-17-11-3-1-2-4-12(11)20-14/h1-7H,(H,16,17)(H,18,19). The van der Waals surface area contributed by atoms with Crippen molar-refractivity contribution >= 4 is 40.4 Å². The molecule has 20 heavy (non-hydrogen) atoms. The first-order valence-electron chi connectivity index (χ1n) is 5.79. The van der Waals surface area contributed by atoms with Gasteiger partial charge in [-0.15, -0.1) is 0 Å². The summed E-state index contributed by atoms with van der Waals surface area (Å²) < 4.78 is 5.50. The third kappa shape index (κ3) is 2.31. The smallest absolute Gasteiger partial charge is 0.337 e. The molecule has 6 heteroatoms. The first-order chi connectivity index (χ1) is 9.63. The summed E-state index contributed by atoms with van der Waals surface area (Å²) >= 11 is 5.81. The van der Waals surface area contributed by atoms with Gasteiger partial charge >= 0.3 is 5.97 Å². The molecule has 0 atom stereocenters. The molecule has 0 aliphatic rings. The van der Waals surface area contributed by atoms with Crippen molar-refractivity contribution in [1.29, 1.82) is 0 Å². The van der Waals surface area contributed by atoms with Crippen LogP contribution in [-0.2, 0) is 0 Å². The van der Waals surface area contributed by atoms with Gasteiger partial charge in [0.25, 0.3) is 6.01 Å². The number of hydrogen-bond acceptors (Lipinski definition) is 4. The second-order valence-corrected chi connectivity index (χ2v) is 4.52. The molecule has 3 rings (SSSR count). The van der Waals surface area contributed by atoms with Crippen molar-refractivity contribution in [1.82, 2.24) is 4.98 Å². The fourth-order valence-corrected chi connectivity index (χ4v) is 2.01. The number of nitrogens with zero attached hydrogens (tertiary/aromatic N) is 1. The third-order valence-electron chi connectivity index (χ3n) is 2.74. The van der Waals surface area contributed by atoms with Gasteiger partial charge in [-0.3, -0.25) is 0 Å². The summed E-state index contributed by atoms with van der Waals surface area (Å²) in [4.78, 5) is 15.3. The number of carbonyl (C=O) groups is 1. The molecular formula is C14H9ClN2O3. The van der Waals surface area contributed by atoms with Crippen molar-refractivity contribution in [3.8, 4) is 0 Å². The van der Waals surface area contributed by atoms with E-state index in [4.69, 9.17) is 21.1 Å². The number of anilines is 2. The average Bonchev–Trinajstić information content (AvgIpc) is 2.82. The Labute approximate surface area is 118 Å². The van der Waals surface area contributed by atoms with E-state index in [9.17, 15) is 4.79 Å². The molecule has 100 valence electrons. The maximum Gasteiger partial charge on any atom is 0.337 e. The number of aromatic nitrogens is 1. The minimum atomic E-state index is -1.09. The van der Waals surface area contributed by atoms with E-state index in [1.54, 1.807) is 12.1 Å². The summed E-state index contributed by atoms with van der Waals surface area (Å²) in [6, 6.07) is 12.2. The Hall–Kier alpha value is -2.53. The Bertz CT molecular complexity index is 765. The van der Waals surface area contributed by atoms with E-state index in [0.29, 0.717) is 17.3 Å². The van der Waals surface area contributed by atoms with Crippen LogP contribution in [0.25, 0.3) is 11.1 Å². The molecule has 0 amide bonds. The molecule has 2 aromatic carbocycles. The molecule has 1 aromatic heterocycles. The van der Waals surface area contributed by atoms with E-state index in [-0.39, 0.29) is 10.6 Å². The number of benzene rings is 2. The van der Waals surface area contributed by atoms with Gasteiger partial charge < -0.3 is 14.8 Å². The van der Waals surface area contributed by atoms with Crippen LogP contribution >= 0.6 is 11.6 Å². The number of fused-ring (bicyclic) bond motifs is 1. The van der Waals surface area contributed by atoms with Crippen molar-refractivity contribution < 1.29 is 14.3 Å². The van der Waals surface area contributed by atoms with E-state index in [0.717, 1.165) is 5.52 Å². The minimum Gasteiger partial charge on any atom is -0.478 e. The highest BCUT2D eigenvalue weighted by molar-refractivity contribution is 6.33. The number of carboxylic acid groups (broad SMARTS) is 1. The van der Waals surface area contributed by atoms with Gasteiger partial charge in [0.05, 0.1) is 10.6 Å². The van der Waals surface area contributed by atoms with E-state index in [1.807, 2.05) is 18.2 Å². The number of nitrogens with one attached hydrogen (secondary N) is 1. The van der Waals surface area contributed by atoms with Crippen molar-refractivity contribution in [2.45, 2.75) is 0 Å². The van der Waals surface area contributed by atoms with Crippen molar-refractivity contribution in [3.05, 3.63) is 53.1 Å². The summed E-state index contributed by atoms with van der Waals surface area (Å²) in [7, 11) is 0. The van der Waals surface area contributed by atoms with Crippen LogP contribution in [0.1, 0.15) is 10.4 Å². The molecule has 1 heterocycles. The molecule has 0 aliphatic heterocycles. The molecule has 3 aromatic rings. The molecule has 0 saturated heterocycles. The summed E-state index contributed by atoms with van der Waals surface area (Å²) in [5, 5.41) is 12.1. The maximum atomic E-state index is 11.0. The fourth-order valence-electron chi connectivity index (χ4n) is 1.82. The first kappa shape index (κ1) is 12.5. The van der Waals surface area contributed by atoms with Gasteiger partial charge in [0.1, 0.15) is 5.52 Å². The van der Waals surface area contributed by atoms with Crippen LogP contribution in [0.3, 0.4) is 0 Å². The van der Waals surface area contributed by atoms with Crippen molar-refractivity contribution in [3.63, 3.8) is 0 Å². The Balaban J connectivity index is 1.94. The molecule has 0 unspecified atom stereocenters. The molecule has 0 saturated carbocycles. The number of rotatable bonds is 3. The molecule has 2 N–H and O–H groups in total. The summed E-state index contributed by atoms with van der Waals surface area (Å²) in [6.45, 7) is 0. The van der Waals surface area contributed by atoms with Crippen LogP contribution in [0.5, 0.6) is 0 Å². The lowest BCUT2D eigenvalue weighted by molar-refractivity contribution is 0.0697. The van der Waals surface area contributed by atoms with Crippen LogP contribution in [0.2, 0.25) is 5.02 Å². The van der Waals surface area contributed by atoms with E-state index in [1.165, 1.54) is 12.1 Å². The number of hydrogen-bond donors (Lipinski definition) is 2. The predicted molar refractivity (Wildman–Crippen MR) is 75.7 cm³/mol. The number of carboxylic acids is 1. The first-order valence-corrected chi connectivity index (χ1v) is 6.17. The summed E-state index contributed by atoms with van der Waals surface area (Å²) in [5.74, 6) is -1.09. The van der Waals surface area contributed by atoms with Gasteiger partial charge in [-0.05, 0) is 30.3 Å². The topological polar surface area (TPSA) is 75.4 Å². The van der Waals surface area contributed by atoms with Gasteiger partial charge in [-0.1, -0.05) is 23.7 Å². The molecule has 0 bridgehead atoms. The Morgan fingerprint density at radius 3 is 2.80 bits per heavy atom. The van der Waals surface area contributed by atoms with Gasteiger partial charge in [-0.25, -0.2) is 4.79 Å². The number of halogens is 1. The van der Waals surface area contributed by atoms with Gasteiger partial charge in [0.15, 0.2) is 5.58 Å². The normalized spacial score (nSPS) is 10.7. The molecule has 0 radical (unpaired) electrons. The maximum absolute atomic E-state index is 11.0. The SMILES string of the molecule is O=C(O)c1cc(Nc2nc3ccccc3o2)ccc1Cl. The van der Waals surface area contributed by atoms with E-state index in [2.05, 4.69) is 10.3 Å². The van der Waals surface area contributed by atoms with E-state index < -0.39 is 5.97 Å². The van der Waals surface area contributed by atoms with Crippen LogP contribution < -0.4 is 5.32 Å². The second-order valence-electron chi connectivity index (χ2n) is 4.11. The molecule has 5 nitrogen and oxygen atoms in total. The zero-order valence-corrected chi connectivity index (χ0v) is 10.9. The Morgan fingerprint density at radius 2 is 2.05 bits per heavy atom. The van der Waals surface area contributed by atoms with Crippen LogP contribution in [0, 0.1) is 0 Å². The number of aromatic carboxylic acids is 1. The van der Waals surface area contributed by atoms with E-state index >= 15 is 0 Å². The summed E-state index contributed by atoms with van der Waals surface area (Å²) in [6.07, 6.45) is 0. The van der Waals surface area contributed by atoms with Crippen molar-refractivity contribution in [2.24, 2.45) is 0 Å². The lowest BCUT2D eigenvalue weighted by Crippen LogP contribution is -1.99. The van der Waals surface area contributed by atoms with Crippen molar-refractivity contribution in [2.75, 3.05) is 5.32 Å². The van der Waals surface area contributed by atoms with Gasteiger partial charge in [-0.2, -0.15) is 4.98 Å². The monoisotopic (exact) mass is 288 g/mol. The third-order valence-corrected chi connectivity index (χ3v) is 3.07. The number of oxazole rings is 1. The van der Waals surface area contributed by atoms with Gasteiger partial charge in [0, 0.05) is 5.69 Å². The average molecular weight is 289 g/mol. The fraction of sp³-hybridized carbons (Fsp3) is 0. The predicted octanol–water partition coefficient (Wildman–Crippen LogP) is 3.92. The lowest BCUT2D eigenvalue weighted by Gasteiger charge is -2.04. The quantitative estimate of drug-likeness (QED) is 0.764. The molecule has 0 aliphatic carbocycles. The zero-order valence-electron chi connectivity index (χ0n) is 10.1. The number of para-hydroxylation sites is 2. The highest BCUT2D eigenvalue weighted by Gasteiger charge is 2.11. The minimum absolute atomic E-state index is 0.0211. The Kier molecular flexibility index (Phi) is 3.04. The Morgan fingerprint density at radius 1 is 1.25 bits per heavy atom. The second kappa shape index (κ2) is 4.86. The highest BCUT2D eigenvalue weighted by Crippen LogP contribution is 2.25. The highest BCUT2D eigenvalue weighted by atomic mass is 35.5. The van der Waals surface area contributed by atoms with Gasteiger partial charge in [0.2, 0.25) is 0 Å². The molecular weight excluding hydrogens is 280 g/mol. The zero-order chi connectivity index (χ0) is 14.1.